The Labute approximate surface area is 196 Å². The van der Waals surface area contributed by atoms with E-state index in [-0.39, 0.29) is 41.9 Å². The van der Waals surface area contributed by atoms with Crippen molar-refractivity contribution in [3.63, 3.8) is 0 Å². The predicted molar refractivity (Wildman–Crippen MR) is 127 cm³/mol. The number of nitrogens with zero attached hydrogens (tertiary/aromatic N) is 1. The van der Waals surface area contributed by atoms with Crippen LogP contribution in [-0.2, 0) is 9.47 Å². The maximum Gasteiger partial charge on any atom is 0.191 e. The fourth-order valence-corrected chi connectivity index (χ4v) is 3.25. The zero-order valence-corrected chi connectivity index (χ0v) is 20.3. The fourth-order valence-electron chi connectivity index (χ4n) is 3.25. The highest BCUT2D eigenvalue weighted by atomic mass is 127. The SMILES string of the molecule is CN=C(NCCCOCC1CCCO1)NC(C)c1ccc(OCC2CC2)c(F)c1.I. The van der Waals surface area contributed by atoms with Crippen LogP contribution in [0.15, 0.2) is 23.2 Å². The summed E-state index contributed by atoms with van der Waals surface area (Å²) in [4.78, 5) is 4.25. The number of guanidine groups is 1. The third kappa shape index (κ3) is 8.55. The molecular formula is C22H35FIN3O3. The van der Waals surface area contributed by atoms with Crippen LogP contribution in [0.2, 0.25) is 0 Å². The van der Waals surface area contributed by atoms with Crippen LogP contribution in [0.3, 0.4) is 0 Å². The summed E-state index contributed by atoms with van der Waals surface area (Å²) in [7, 11) is 1.73. The number of benzene rings is 1. The van der Waals surface area contributed by atoms with Crippen LogP contribution >= 0.6 is 24.0 Å². The molecule has 1 saturated heterocycles. The summed E-state index contributed by atoms with van der Waals surface area (Å²) in [6.45, 7) is 5.56. The van der Waals surface area contributed by atoms with E-state index in [1.807, 2.05) is 13.0 Å². The van der Waals surface area contributed by atoms with Crippen molar-refractivity contribution in [3.8, 4) is 5.75 Å². The Morgan fingerprint density at radius 2 is 2.13 bits per heavy atom. The Bertz CT molecular complexity index is 667. The van der Waals surface area contributed by atoms with Gasteiger partial charge in [-0.1, -0.05) is 6.07 Å². The fraction of sp³-hybridized carbons (Fsp3) is 0.682. The van der Waals surface area contributed by atoms with E-state index < -0.39 is 0 Å². The molecule has 30 heavy (non-hydrogen) atoms. The van der Waals surface area contributed by atoms with Crippen molar-refractivity contribution in [1.82, 2.24) is 10.6 Å². The van der Waals surface area contributed by atoms with Crippen LogP contribution < -0.4 is 15.4 Å². The van der Waals surface area contributed by atoms with Gasteiger partial charge in [-0.15, -0.1) is 24.0 Å². The number of aliphatic imine (C=N–C) groups is 1. The highest BCUT2D eigenvalue weighted by molar-refractivity contribution is 14.0. The van der Waals surface area contributed by atoms with Gasteiger partial charge in [0.1, 0.15) is 0 Å². The van der Waals surface area contributed by atoms with E-state index in [1.54, 1.807) is 13.1 Å². The number of halogens is 2. The van der Waals surface area contributed by atoms with E-state index in [0.717, 1.165) is 38.0 Å². The van der Waals surface area contributed by atoms with E-state index in [1.165, 1.54) is 18.9 Å². The average molecular weight is 535 g/mol. The lowest BCUT2D eigenvalue weighted by molar-refractivity contribution is 0.0168. The number of nitrogens with one attached hydrogen (secondary N) is 2. The molecule has 1 heterocycles. The van der Waals surface area contributed by atoms with Crippen molar-refractivity contribution in [1.29, 1.82) is 0 Å². The molecule has 1 aromatic carbocycles. The lowest BCUT2D eigenvalue weighted by Gasteiger charge is -2.19. The summed E-state index contributed by atoms with van der Waals surface area (Å²) < 4.78 is 31.1. The first-order chi connectivity index (χ1) is 14.2. The Hall–Kier alpha value is -1.13. The molecule has 0 spiro atoms. The molecule has 2 fully saturated rings. The minimum Gasteiger partial charge on any atom is -0.490 e. The lowest BCUT2D eigenvalue weighted by atomic mass is 10.1. The first kappa shape index (κ1) is 25.1. The highest BCUT2D eigenvalue weighted by Crippen LogP contribution is 2.30. The van der Waals surface area contributed by atoms with Crippen LogP contribution in [0, 0.1) is 11.7 Å². The van der Waals surface area contributed by atoms with Gasteiger partial charge < -0.3 is 24.8 Å². The second kappa shape index (κ2) is 13.3. The summed E-state index contributed by atoms with van der Waals surface area (Å²) in [5.41, 5.74) is 0.851. The number of hydrogen-bond donors (Lipinski definition) is 2. The summed E-state index contributed by atoms with van der Waals surface area (Å²) in [5, 5.41) is 6.57. The largest absolute Gasteiger partial charge is 0.490 e. The molecule has 2 unspecified atom stereocenters. The molecule has 2 aliphatic rings. The van der Waals surface area contributed by atoms with Crippen molar-refractivity contribution in [2.45, 2.75) is 51.2 Å². The second-order valence-electron chi connectivity index (χ2n) is 7.87. The van der Waals surface area contributed by atoms with Crippen LogP contribution in [0.5, 0.6) is 5.75 Å². The molecule has 0 bridgehead atoms. The number of ether oxygens (including phenoxy) is 3. The van der Waals surface area contributed by atoms with Crippen molar-refractivity contribution < 1.29 is 18.6 Å². The van der Waals surface area contributed by atoms with E-state index in [9.17, 15) is 4.39 Å². The molecule has 3 rings (SSSR count). The third-order valence-electron chi connectivity index (χ3n) is 5.29. The molecule has 1 aromatic rings. The summed E-state index contributed by atoms with van der Waals surface area (Å²) in [6.07, 6.45) is 5.76. The second-order valence-corrected chi connectivity index (χ2v) is 7.87. The maximum absolute atomic E-state index is 14.3. The van der Waals surface area contributed by atoms with Gasteiger partial charge in [-0.2, -0.15) is 0 Å². The Morgan fingerprint density at radius 3 is 2.80 bits per heavy atom. The van der Waals surface area contributed by atoms with Gasteiger partial charge in [0.05, 0.1) is 25.4 Å². The Balaban J connectivity index is 0.00000320. The molecule has 0 aromatic heterocycles. The van der Waals surface area contributed by atoms with Gasteiger partial charge in [0, 0.05) is 26.8 Å². The molecule has 1 saturated carbocycles. The molecule has 2 atom stereocenters. The summed E-state index contributed by atoms with van der Waals surface area (Å²) >= 11 is 0. The van der Waals surface area contributed by atoms with Gasteiger partial charge in [0.15, 0.2) is 17.5 Å². The molecule has 0 radical (unpaired) electrons. The zero-order valence-electron chi connectivity index (χ0n) is 18.0. The molecular weight excluding hydrogens is 500 g/mol. The average Bonchev–Trinajstić information content (AvgIpc) is 3.41. The quantitative estimate of drug-likeness (QED) is 0.194. The van der Waals surface area contributed by atoms with Crippen LogP contribution in [0.1, 0.15) is 50.6 Å². The van der Waals surface area contributed by atoms with Crippen molar-refractivity contribution in [2.75, 3.05) is 40.0 Å². The Morgan fingerprint density at radius 1 is 1.30 bits per heavy atom. The summed E-state index contributed by atoms with van der Waals surface area (Å²) in [6, 6.07) is 5.07. The van der Waals surface area contributed by atoms with E-state index in [4.69, 9.17) is 14.2 Å². The number of rotatable bonds is 11. The monoisotopic (exact) mass is 535 g/mol. The lowest BCUT2D eigenvalue weighted by Crippen LogP contribution is -2.39. The van der Waals surface area contributed by atoms with Crippen molar-refractivity contribution in [2.24, 2.45) is 10.9 Å². The van der Waals surface area contributed by atoms with Crippen LogP contribution in [0.4, 0.5) is 4.39 Å². The first-order valence-electron chi connectivity index (χ1n) is 10.7. The molecule has 2 N–H and O–H groups in total. The zero-order chi connectivity index (χ0) is 20.5. The Kier molecular flexibility index (Phi) is 11.2. The molecule has 6 nitrogen and oxygen atoms in total. The van der Waals surface area contributed by atoms with Gasteiger partial charge in [-0.25, -0.2) is 4.39 Å². The van der Waals surface area contributed by atoms with E-state index in [0.29, 0.717) is 37.4 Å². The topological polar surface area (TPSA) is 64.1 Å². The van der Waals surface area contributed by atoms with Gasteiger partial charge in [-0.3, -0.25) is 4.99 Å². The normalized spacial score (nSPS) is 19.8. The van der Waals surface area contributed by atoms with Gasteiger partial charge in [0.2, 0.25) is 0 Å². The minimum absolute atomic E-state index is 0. The van der Waals surface area contributed by atoms with E-state index in [2.05, 4.69) is 15.6 Å². The first-order valence-corrected chi connectivity index (χ1v) is 10.7. The third-order valence-corrected chi connectivity index (χ3v) is 5.29. The maximum atomic E-state index is 14.3. The molecule has 8 heteroatoms. The highest BCUT2D eigenvalue weighted by Gasteiger charge is 2.22. The molecule has 1 aliphatic carbocycles. The smallest absolute Gasteiger partial charge is 0.191 e. The standard InChI is InChI=1S/C22H34FN3O3.HI/c1-16(18-8-9-21(20(23)13-18)29-14-17-6-7-17)26-22(24-2)25-10-4-11-27-15-19-5-3-12-28-19;/h8-9,13,16-17,19H,3-7,10-12,14-15H2,1-2H3,(H2,24,25,26);1H. The van der Waals surface area contributed by atoms with E-state index >= 15 is 0 Å². The number of hydrogen-bond acceptors (Lipinski definition) is 4. The molecule has 1 aliphatic heterocycles. The van der Waals surface area contributed by atoms with Crippen LogP contribution in [-0.4, -0.2) is 52.1 Å². The molecule has 170 valence electrons. The van der Waals surface area contributed by atoms with Crippen molar-refractivity contribution in [3.05, 3.63) is 29.6 Å². The summed E-state index contributed by atoms with van der Waals surface area (Å²) in [5.74, 6) is 1.30. The van der Waals surface area contributed by atoms with Crippen molar-refractivity contribution >= 4 is 29.9 Å². The molecule has 0 amide bonds. The minimum atomic E-state index is -0.317. The van der Waals surface area contributed by atoms with Gasteiger partial charge in [-0.05, 0) is 62.6 Å². The predicted octanol–water partition coefficient (Wildman–Crippen LogP) is 4.04. The van der Waals surface area contributed by atoms with Gasteiger partial charge >= 0.3 is 0 Å². The van der Waals surface area contributed by atoms with Crippen LogP contribution in [0.25, 0.3) is 0 Å². The van der Waals surface area contributed by atoms with Gasteiger partial charge in [0.25, 0.3) is 0 Å².